The number of carbonyl (C=O) groups excluding carboxylic acids is 1. The highest BCUT2D eigenvalue weighted by Gasteiger charge is 2.23. The number of benzene rings is 1. The van der Waals surface area contributed by atoms with Gasteiger partial charge in [0, 0.05) is 31.1 Å². The lowest BCUT2D eigenvalue weighted by atomic mass is 9.98. The summed E-state index contributed by atoms with van der Waals surface area (Å²) in [6.45, 7) is 6.33. The lowest BCUT2D eigenvalue weighted by Gasteiger charge is -2.32. The fourth-order valence-corrected chi connectivity index (χ4v) is 2.17. The Morgan fingerprint density at radius 3 is 2.65 bits per heavy atom. The van der Waals surface area contributed by atoms with E-state index in [9.17, 15) is 4.79 Å². The quantitative estimate of drug-likeness (QED) is 0.803. The SMILES string of the molecule is CCOc1ccc(N2CCC(=O)C(C)C2)cc1. The topological polar surface area (TPSA) is 29.5 Å². The molecule has 17 heavy (non-hydrogen) atoms. The lowest BCUT2D eigenvalue weighted by molar-refractivity contribution is -0.122. The Morgan fingerprint density at radius 1 is 1.35 bits per heavy atom. The van der Waals surface area contributed by atoms with E-state index >= 15 is 0 Å². The molecule has 0 saturated carbocycles. The van der Waals surface area contributed by atoms with Crippen LogP contribution in [-0.4, -0.2) is 25.5 Å². The van der Waals surface area contributed by atoms with E-state index in [0.717, 1.165) is 18.8 Å². The highest BCUT2D eigenvalue weighted by Crippen LogP contribution is 2.23. The third-order valence-electron chi connectivity index (χ3n) is 3.18. The Morgan fingerprint density at radius 2 is 2.06 bits per heavy atom. The van der Waals surface area contributed by atoms with Crippen LogP contribution < -0.4 is 9.64 Å². The van der Waals surface area contributed by atoms with Gasteiger partial charge in [0.2, 0.25) is 0 Å². The number of piperidine rings is 1. The van der Waals surface area contributed by atoms with Crippen LogP contribution in [0.3, 0.4) is 0 Å². The molecule has 0 aromatic heterocycles. The molecule has 3 nitrogen and oxygen atoms in total. The van der Waals surface area contributed by atoms with Gasteiger partial charge in [-0.05, 0) is 31.2 Å². The van der Waals surface area contributed by atoms with Crippen LogP contribution in [-0.2, 0) is 4.79 Å². The lowest BCUT2D eigenvalue weighted by Crippen LogP contribution is -2.39. The third-order valence-corrected chi connectivity index (χ3v) is 3.18. The maximum absolute atomic E-state index is 11.5. The number of anilines is 1. The summed E-state index contributed by atoms with van der Waals surface area (Å²) in [4.78, 5) is 13.7. The molecule has 1 atom stereocenters. The maximum Gasteiger partial charge on any atom is 0.139 e. The van der Waals surface area contributed by atoms with Crippen LogP contribution in [0.1, 0.15) is 20.3 Å². The number of carbonyl (C=O) groups is 1. The molecule has 2 rings (SSSR count). The minimum Gasteiger partial charge on any atom is -0.494 e. The summed E-state index contributed by atoms with van der Waals surface area (Å²) >= 11 is 0. The zero-order valence-corrected chi connectivity index (χ0v) is 10.5. The van der Waals surface area contributed by atoms with E-state index in [2.05, 4.69) is 17.0 Å². The number of hydrogen-bond acceptors (Lipinski definition) is 3. The average molecular weight is 233 g/mol. The van der Waals surface area contributed by atoms with Crippen molar-refractivity contribution in [1.82, 2.24) is 0 Å². The summed E-state index contributed by atoms with van der Waals surface area (Å²) in [5, 5.41) is 0. The van der Waals surface area contributed by atoms with Crippen molar-refractivity contribution in [2.45, 2.75) is 20.3 Å². The Balaban J connectivity index is 2.04. The number of hydrogen-bond donors (Lipinski definition) is 0. The van der Waals surface area contributed by atoms with Crippen molar-refractivity contribution in [1.29, 1.82) is 0 Å². The summed E-state index contributed by atoms with van der Waals surface area (Å²) in [7, 11) is 0. The molecular weight excluding hydrogens is 214 g/mol. The van der Waals surface area contributed by atoms with Crippen LogP contribution in [0.15, 0.2) is 24.3 Å². The molecule has 0 bridgehead atoms. The minimum absolute atomic E-state index is 0.148. The average Bonchev–Trinajstić information content (AvgIpc) is 2.34. The highest BCUT2D eigenvalue weighted by atomic mass is 16.5. The molecule has 0 amide bonds. The monoisotopic (exact) mass is 233 g/mol. The summed E-state index contributed by atoms with van der Waals surface area (Å²) in [5.74, 6) is 1.43. The first-order chi connectivity index (χ1) is 8.20. The Kier molecular flexibility index (Phi) is 3.67. The second-order valence-electron chi connectivity index (χ2n) is 4.49. The molecule has 1 aliphatic rings. The fourth-order valence-electron chi connectivity index (χ4n) is 2.17. The van der Waals surface area contributed by atoms with Crippen molar-refractivity contribution in [2.75, 3.05) is 24.6 Å². The van der Waals surface area contributed by atoms with Gasteiger partial charge in [0.1, 0.15) is 11.5 Å². The maximum atomic E-state index is 11.5. The van der Waals surface area contributed by atoms with Crippen LogP contribution >= 0.6 is 0 Å². The van der Waals surface area contributed by atoms with Gasteiger partial charge in [0.05, 0.1) is 6.61 Å². The van der Waals surface area contributed by atoms with Crippen molar-refractivity contribution in [3.8, 4) is 5.75 Å². The van der Waals surface area contributed by atoms with Gasteiger partial charge in [-0.15, -0.1) is 0 Å². The molecule has 1 saturated heterocycles. The first-order valence-electron chi connectivity index (χ1n) is 6.21. The zero-order valence-electron chi connectivity index (χ0n) is 10.5. The van der Waals surface area contributed by atoms with Crippen LogP contribution in [0.4, 0.5) is 5.69 Å². The predicted molar refractivity (Wildman–Crippen MR) is 68.6 cm³/mol. The molecule has 1 aromatic rings. The van der Waals surface area contributed by atoms with Crippen molar-refractivity contribution in [2.24, 2.45) is 5.92 Å². The van der Waals surface area contributed by atoms with Crippen LogP contribution in [0, 0.1) is 5.92 Å². The second-order valence-corrected chi connectivity index (χ2v) is 4.49. The van der Waals surface area contributed by atoms with Crippen molar-refractivity contribution >= 4 is 11.5 Å². The molecule has 1 fully saturated rings. The summed E-state index contributed by atoms with van der Waals surface area (Å²) in [6, 6.07) is 8.10. The largest absolute Gasteiger partial charge is 0.494 e. The van der Waals surface area contributed by atoms with Crippen molar-refractivity contribution in [3.05, 3.63) is 24.3 Å². The number of ketones is 1. The minimum atomic E-state index is 0.148. The van der Waals surface area contributed by atoms with E-state index in [-0.39, 0.29) is 5.92 Å². The number of ether oxygens (including phenoxy) is 1. The summed E-state index contributed by atoms with van der Waals surface area (Å²) in [6.07, 6.45) is 0.661. The first-order valence-corrected chi connectivity index (χ1v) is 6.21. The van der Waals surface area contributed by atoms with Gasteiger partial charge in [-0.25, -0.2) is 0 Å². The fraction of sp³-hybridized carbons (Fsp3) is 0.500. The van der Waals surface area contributed by atoms with Gasteiger partial charge >= 0.3 is 0 Å². The van der Waals surface area contributed by atoms with Crippen molar-refractivity contribution in [3.63, 3.8) is 0 Å². The number of Topliss-reactive ketones (excluding diaryl/α,β-unsaturated/α-hetero) is 1. The van der Waals surface area contributed by atoms with Gasteiger partial charge in [-0.1, -0.05) is 6.92 Å². The van der Waals surface area contributed by atoms with Gasteiger partial charge in [0.25, 0.3) is 0 Å². The molecule has 1 unspecified atom stereocenters. The van der Waals surface area contributed by atoms with Gasteiger partial charge in [-0.3, -0.25) is 4.79 Å². The van der Waals surface area contributed by atoms with Crippen LogP contribution in [0.5, 0.6) is 5.75 Å². The molecule has 1 heterocycles. The normalized spacial score (nSPS) is 20.5. The molecule has 0 N–H and O–H groups in total. The molecule has 0 aliphatic carbocycles. The molecule has 92 valence electrons. The van der Waals surface area contributed by atoms with Crippen LogP contribution in [0.25, 0.3) is 0 Å². The molecule has 1 aliphatic heterocycles. The Labute approximate surface area is 102 Å². The van der Waals surface area contributed by atoms with E-state index in [4.69, 9.17) is 4.74 Å². The zero-order chi connectivity index (χ0) is 12.3. The smallest absolute Gasteiger partial charge is 0.139 e. The number of rotatable bonds is 3. The van der Waals surface area contributed by atoms with Crippen molar-refractivity contribution < 1.29 is 9.53 Å². The van der Waals surface area contributed by atoms with Gasteiger partial charge < -0.3 is 9.64 Å². The summed E-state index contributed by atoms with van der Waals surface area (Å²) in [5.41, 5.74) is 1.17. The summed E-state index contributed by atoms with van der Waals surface area (Å²) < 4.78 is 5.41. The van der Waals surface area contributed by atoms with E-state index in [1.807, 2.05) is 26.0 Å². The van der Waals surface area contributed by atoms with Gasteiger partial charge in [0.15, 0.2) is 0 Å². The van der Waals surface area contributed by atoms with Gasteiger partial charge in [-0.2, -0.15) is 0 Å². The Hall–Kier alpha value is -1.51. The molecule has 3 heteroatoms. The van der Waals surface area contributed by atoms with E-state index < -0.39 is 0 Å². The first kappa shape index (κ1) is 12.0. The third kappa shape index (κ3) is 2.78. The van der Waals surface area contributed by atoms with E-state index in [1.54, 1.807) is 0 Å². The van der Waals surface area contributed by atoms with E-state index in [1.165, 1.54) is 5.69 Å². The molecule has 0 spiro atoms. The second kappa shape index (κ2) is 5.21. The van der Waals surface area contributed by atoms with Crippen LogP contribution in [0.2, 0.25) is 0 Å². The standard InChI is InChI=1S/C14H19NO2/c1-3-17-13-6-4-12(5-7-13)15-9-8-14(16)11(2)10-15/h4-7,11H,3,8-10H2,1-2H3. The van der Waals surface area contributed by atoms with E-state index in [0.29, 0.717) is 18.8 Å². The number of nitrogens with zero attached hydrogens (tertiary/aromatic N) is 1. The molecular formula is C14H19NO2. The Bertz CT molecular complexity index is 386. The highest BCUT2D eigenvalue weighted by molar-refractivity contribution is 5.83. The molecule has 0 radical (unpaired) electrons. The predicted octanol–water partition coefficient (Wildman–Crippen LogP) is 2.50. The molecule has 1 aromatic carbocycles.